The summed E-state index contributed by atoms with van der Waals surface area (Å²) < 4.78 is 0. The van der Waals surface area contributed by atoms with Gasteiger partial charge in [0, 0.05) is 17.6 Å². The van der Waals surface area contributed by atoms with Crippen LogP contribution in [0, 0.1) is 5.92 Å². The van der Waals surface area contributed by atoms with E-state index in [1.54, 1.807) is 17.0 Å². The van der Waals surface area contributed by atoms with E-state index in [2.05, 4.69) is 0 Å². The Kier molecular flexibility index (Phi) is 4.88. The zero-order valence-electron chi connectivity index (χ0n) is 12.3. The number of hydrogen-bond acceptors (Lipinski definition) is 2. The van der Waals surface area contributed by atoms with Gasteiger partial charge in [-0.25, -0.2) is 0 Å². The molecule has 1 N–H and O–H groups in total. The standard InChI is InChI=1S/C16H20ClNO3/c1-10(12-5-3-6-13(17)9-12)15(19)18-8-4-7-14(11(18)2)16(20)21/h3,5-6,9-11,14H,4,7-8H2,1-2H3,(H,20,21)/t10?,11-,14-/m0/s1. The van der Waals surface area contributed by atoms with Gasteiger partial charge in [-0.15, -0.1) is 0 Å². The van der Waals surface area contributed by atoms with Crippen molar-refractivity contribution in [1.82, 2.24) is 4.90 Å². The van der Waals surface area contributed by atoms with Gasteiger partial charge in [-0.1, -0.05) is 23.7 Å². The van der Waals surface area contributed by atoms with Crippen molar-refractivity contribution in [2.75, 3.05) is 6.54 Å². The van der Waals surface area contributed by atoms with E-state index in [-0.39, 0.29) is 17.9 Å². The highest BCUT2D eigenvalue weighted by Crippen LogP contribution is 2.28. The van der Waals surface area contributed by atoms with Crippen LogP contribution in [0.5, 0.6) is 0 Å². The summed E-state index contributed by atoms with van der Waals surface area (Å²) in [5, 5.41) is 9.84. The van der Waals surface area contributed by atoms with Gasteiger partial charge in [0.05, 0.1) is 11.8 Å². The first kappa shape index (κ1) is 15.8. The number of carboxylic acids is 1. The summed E-state index contributed by atoms with van der Waals surface area (Å²) in [6.07, 6.45) is 1.36. The molecule has 3 atom stereocenters. The number of rotatable bonds is 3. The monoisotopic (exact) mass is 309 g/mol. The third-order valence-corrected chi connectivity index (χ3v) is 4.54. The van der Waals surface area contributed by atoms with Gasteiger partial charge >= 0.3 is 5.97 Å². The number of likely N-dealkylation sites (tertiary alicyclic amines) is 1. The third-order valence-electron chi connectivity index (χ3n) is 4.31. The molecule has 0 aliphatic carbocycles. The molecule has 4 nitrogen and oxygen atoms in total. The topological polar surface area (TPSA) is 57.6 Å². The predicted octanol–water partition coefficient (Wildman–Crippen LogP) is 3.16. The number of benzene rings is 1. The Bertz CT molecular complexity index is 546. The Labute approximate surface area is 129 Å². The lowest BCUT2D eigenvalue weighted by atomic mass is 9.88. The third kappa shape index (κ3) is 3.38. The predicted molar refractivity (Wildman–Crippen MR) is 81.4 cm³/mol. The molecule has 0 aromatic heterocycles. The first-order valence-corrected chi connectivity index (χ1v) is 7.58. The summed E-state index contributed by atoms with van der Waals surface area (Å²) in [6.45, 7) is 4.28. The number of piperidine rings is 1. The average Bonchev–Trinajstić information content (AvgIpc) is 2.45. The van der Waals surface area contributed by atoms with Crippen LogP contribution in [-0.4, -0.2) is 34.5 Å². The fourth-order valence-electron chi connectivity index (χ4n) is 2.95. The molecule has 0 spiro atoms. The smallest absolute Gasteiger partial charge is 0.308 e. The van der Waals surface area contributed by atoms with Crippen LogP contribution in [0.3, 0.4) is 0 Å². The Balaban J connectivity index is 2.17. The summed E-state index contributed by atoms with van der Waals surface area (Å²) in [5.41, 5.74) is 0.858. The molecule has 2 rings (SSSR count). The van der Waals surface area contributed by atoms with Crippen LogP contribution in [0.1, 0.15) is 38.2 Å². The van der Waals surface area contributed by atoms with E-state index in [1.165, 1.54) is 0 Å². The molecule has 5 heteroatoms. The molecular weight excluding hydrogens is 290 g/mol. The SMILES string of the molecule is CC(C(=O)N1CCC[C@H](C(=O)O)[C@@H]1C)c1cccc(Cl)c1. The lowest BCUT2D eigenvalue weighted by molar-refractivity contribution is -0.149. The van der Waals surface area contributed by atoms with Gasteiger partial charge in [0.15, 0.2) is 0 Å². The van der Waals surface area contributed by atoms with E-state index in [9.17, 15) is 14.7 Å². The second-order valence-electron chi connectivity index (χ2n) is 5.64. The van der Waals surface area contributed by atoms with Crippen LogP contribution in [-0.2, 0) is 9.59 Å². The van der Waals surface area contributed by atoms with E-state index < -0.39 is 11.9 Å². The van der Waals surface area contributed by atoms with Crippen LogP contribution in [0.2, 0.25) is 5.02 Å². The first-order valence-electron chi connectivity index (χ1n) is 7.20. The van der Waals surface area contributed by atoms with Crippen LogP contribution < -0.4 is 0 Å². The normalized spacial score (nSPS) is 23.7. The minimum absolute atomic E-state index is 0.0317. The maximum Gasteiger partial charge on any atom is 0.308 e. The van der Waals surface area contributed by atoms with Crippen LogP contribution >= 0.6 is 11.6 Å². The van der Waals surface area contributed by atoms with Gasteiger partial charge in [0.2, 0.25) is 5.91 Å². The highest BCUT2D eigenvalue weighted by atomic mass is 35.5. The minimum atomic E-state index is -0.824. The molecule has 0 radical (unpaired) electrons. The second kappa shape index (κ2) is 6.48. The van der Waals surface area contributed by atoms with E-state index in [4.69, 9.17) is 11.6 Å². The van der Waals surface area contributed by atoms with Crippen molar-refractivity contribution in [2.24, 2.45) is 5.92 Å². The second-order valence-corrected chi connectivity index (χ2v) is 6.07. The van der Waals surface area contributed by atoms with Crippen molar-refractivity contribution in [1.29, 1.82) is 0 Å². The fraction of sp³-hybridized carbons (Fsp3) is 0.500. The van der Waals surface area contributed by atoms with E-state index in [1.807, 2.05) is 26.0 Å². The molecule has 1 aliphatic heterocycles. The van der Waals surface area contributed by atoms with E-state index >= 15 is 0 Å². The minimum Gasteiger partial charge on any atom is -0.481 e. The molecule has 1 amide bonds. The van der Waals surface area contributed by atoms with Gasteiger partial charge in [-0.2, -0.15) is 0 Å². The van der Waals surface area contributed by atoms with Crippen molar-refractivity contribution >= 4 is 23.5 Å². The summed E-state index contributed by atoms with van der Waals surface area (Å²) in [4.78, 5) is 25.6. The number of aliphatic carboxylic acids is 1. The number of amides is 1. The molecule has 1 aliphatic rings. The van der Waals surface area contributed by atoms with Crippen LogP contribution in [0.4, 0.5) is 0 Å². The van der Waals surface area contributed by atoms with E-state index in [0.717, 1.165) is 12.0 Å². The number of hydrogen-bond donors (Lipinski definition) is 1. The lowest BCUT2D eigenvalue weighted by Crippen LogP contribution is -2.50. The van der Waals surface area contributed by atoms with Gasteiger partial charge in [0.25, 0.3) is 0 Å². The summed E-state index contributed by atoms with van der Waals surface area (Å²) in [6, 6.07) is 6.98. The maximum absolute atomic E-state index is 12.7. The number of carboxylic acid groups (broad SMARTS) is 1. The molecule has 1 aromatic carbocycles. The Morgan fingerprint density at radius 3 is 2.76 bits per heavy atom. The number of carbonyl (C=O) groups is 2. The van der Waals surface area contributed by atoms with Gasteiger partial charge in [-0.3, -0.25) is 9.59 Å². The largest absolute Gasteiger partial charge is 0.481 e. The molecule has 0 saturated carbocycles. The van der Waals surface area contributed by atoms with Crippen molar-refractivity contribution in [3.8, 4) is 0 Å². The van der Waals surface area contributed by atoms with Gasteiger partial charge in [0.1, 0.15) is 0 Å². The van der Waals surface area contributed by atoms with Crippen LogP contribution in [0.25, 0.3) is 0 Å². The molecule has 0 bridgehead atoms. The molecule has 114 valence electrons. The average molecular weight is 310 g/mol. The van der Waals surface area contributed by atoms with Crippen molar-refractivity contribution in [2.45, 2.75) is 38.6 Å². The zero-order chi connectivity index (χ0) is 15.6. The van der Waals surface area contributed by atoms with Crippen LogP contribution in [0.15, 0.2) is 24.3 Å². The highest BCUT2D eigenvalue weighted by Gasteiger charge is 2.36. The first-order chi connectivity index (χ1) is 9.91. The summed E-state index contributed by atoms with van der Waals surface area (Å²) in [5.74, 6) is -1.65. The molecule has 1 aromatic rings. The van der Waals surface area contributed by atoms with E-state index in [0.29, 0.717) is 18.0 Å². The number of carbonyl (C=O) groups excluding carboxylic acids is 1. The Morgan fingerprint density at radius 1 is 1.43 bits per heavy atom. The molecule has 1 saturated heterocycles. The fourth-order valence-corrected chi connectivity index (χ4v) is 3.15. The zero-order valence-corrected chi connectivity index (χ0v) is 13.0. The lowest BCUT2D eigenvalue weighted by Gasteiger charge is -2.39. The van der Waals surface area contributed by atoms with Crippen molar-refractivity contribution < 1.29 is 14.7 Å². The van der Waals surface area contributed by atoms with Gasteiger partial charge < -0.3 is 10.0 Å². The molecule has 1 fully saturated rings. The maximum atomic E-state index is 12.7. The molecular formula is C16H20ClNO3. The highest BCUT2D eigenvalue weighted by molar-refractivity contribution is 6.30. The quantitative estimate of drug-likeness (QED) is 0.933. The van der Waals surface area contributed by atoms with Crippen molar-refractivity contribution in [3.63, 3.8) is 0 Å². The molecule has 1 unspecified atom stereocenters. The van der Waals surface area contributed by atoms with Gasteiger partial charge in [-0.05, 0) is 44.4 Å². The number of nitrogens with zero attached hydrogens (tertiary/aromatic N) is 1. The molecule has 21 heavy (non-hydrogen) atoms. The Morgan fingerprint density at radius 2 is 2.14 bits per heavy atom. The Hall–Kier alpha value is -1.55. The molecule has 1 heterocycles. The van der Waals surface area contributed by atoms with Crippen molar-refractivity contribution in [3.05, 3.63) is 34.9 Å². The number of halogens is 1. The summed E-state index contributed by atoms with van der Waals surface area (Å²) >= 11 is 5.97. The summed E-state index contributed by atoms with van der Waals surface area (Å²) in [7, 11) is 0.